The van der Waals surface area contributed by atoms with E-state index in [1.165, 1.54) is 19.3 Å². The molecule has 1 aromatic heterocycles. The van der Waals surface area contributed by atoms with E-state index in [1.807, 2.05) is 61.7 Å². The zero-order valence-electron chi connectivity index (χ0n) is 19.1. The van der Waals surface area contributed by atoms with Crippen LogP contribution in [0.5, 0.6) is 5.75 Å². The maximum Gasteiger partial charge on any atom is 0.305 e. The van der Waals surface area contributed by atoms with E-state index in [1.54, 1.807) is 0 Å². The number of carbonyl (C=O) groups excluding carboxylic acids is 2. The van der Waals surface area contributed by atoms with Gasteiger partial charge in [0.2, 0.25) is 0 Å². The van der Waals surface area contributed by atoms with Crippen LogP contribution < -0.4 is 4.74 Å². The number of nitrogens with zero attached hydrogens (tertiary/aromatic N) is 1. The number of carbonyl (C=O) groups is 2. The molecule has 0 bridgehead atoms. The SMILES string of the molecule is CCCCCCOc1ccc(C(=O)c2cn(CCCC(=O)OCC)c3ccccc23)cc1. The van der Waals surface area contributed by atoms with Crippen molar-refractivity contribution in [2.45, 2.75) is 58.9 Å². The maximum atomic E-state index is 13.3. The monoisotopic (exact) mass is 435 g/mol. The van der Waals surface area contributed by atoms with Crippen molar-refractivity contribution in [2.75, 3.05) is 13.2 Å². The largest absolute Gasteiger partial charge is 0.494 e. The van der Waals surface area contributed by atoms with Crippen molar-refractivity contribution in [3.8, 4) is 5.75 Å². The third-order valence-electron chi connectivity index (χ3n) is 5.50. The number of benzene rings is 2. The molecule has 0 radical (unpaired) electrons. The zero-order chi connectivity index (χ0) is 22.8. The molecule has 0 N–H and O–H groups in total. The van der Waals surface area contributed by atoms with Crippen LogP contribution >= 0.6 is 0 Å². The van der Waals surface area contributed by atoms with Gasteiger partial charge in [-0.15, -0.1) is 0 Å². The number of hydrogen-bond acceptors (Lipinski definition) is 4. The minimum Gasteiger partial charge on any atom is -0.494 e. The van der Waals surface area contributed by atoms with Crippen molar-refractivity contribution in [3.63, 3.8) is 0 Å². The highest BCUT2D eigenvalue weighted by Crippen LogP contribution is 2.25. The topological polar surface area (TPSA) is 57.5 Å². The first kappa shape index (κ1) is 23.6. The number of esters is 1. The fraction of sp³-hybridized carbons (Fsp3) is 0.407. The van der Waals surface area contributed by atoms with Crippen molar-refractivity contribution in [1.82, 2.24) is 4.57 Å². The molecule has 1 heterocycles. The van der Waals surface area contributed by atoms with Crippen molar-refractivity contribution in [2.24, 2.45) is 0 Å². The van der Waals surface area contributed by atoms with Crippen LogP contribution in [-0.4, -0.2) is 29.5 Å². The van der Waals surface area contributed by atoms with Crippen LogP contribution in [0.15, 0.2) is 54.7 Å². The van der Waals surface area contributed by atoms with E-state index < -0.39 is 0 Å². The number of para-hydroxylation sites is 1. The first-order chi connectivity index (χ1) is 15.6. The number of aromatic nitrogens is 1. The third kappa shape index (κ3) is 6.22. The molecule has 3 aromatic rings. The summed E-state index contributed by atoms with van der Waals surface area (Å²) in [6, 6.07) is 15.3. The summed E-state index contributed by atoms with van der Waals surface area (Å²) in [5, 5.41) is 0.921. The quantitative estimate of drug-likeness (QED) is 0.183. The van der Waals surface area contributed by atoms with E-state index in [-0.39, 0.29) is 11.8 Å². The summed E-state index contributed by atoms with van der Waals surface area (Å²) in [5.41, 5.74) is 2.30. The fourth-order valence-corrected chi connectivity index (χ4v) is 3.82. The predicted octanol–water partition coefficient (Wildman–Crippen LogP) is 6.17. The lowest BCUT2D eigenvalue weighted by atomic mass is 10.0. The highest BCUT2D eigenvalue weighted by atomic mass is 16.5. The van der Waals surface area contributed by atoms with Gasteiger partial charge in [0.15, 0.2) is 5.78 Å². The molecule has 5 heteroatoms. The van der Waals surface area contributed by atoms with Crippen LogP contribution in [0.1, 0.15) is 68.3 Å². The van der Waals surface area contributed by atoms with Gasteiger partial charge in [-0.05, 0) is 50.1 Å². The lowest BCUT2D eigenvalue weighted by Crippen LogP contribution is -2.06. The first-order valence-corrected chi connectivity index (χ1v) is 11.6. The second kappa shape index (κ2) is 12.1. The second-order valence-electron chi connectivity index (χ2n) is 7.92. The van der Waals surface area contributed by atoms with E-state index in [2.05, 4.69) is 11.5 Å². The van der Waals surface area contributed by atoms with Gasteiger partial charge in [-0.2, -0.15) is 0 Å². The van der Waals surface area contributed by atoms with Crippen LogP contribution in [0.25, 0.3) is 10.9 Å². The Labute approximate surface area is 190 Å². The Morgan fingerprint density at radius 3 is 2.44 bits per heavy atom. The number of rotatable bonds is 13. The molecule has 0 aliphatic heterocycles. The molecule has 3 rings (SSSR count). The number of fused-ring (bicyclic) bond motifs is 1. The van der Waals surface area contributed by atoms with Crippen molar-refractivity contribution in [3.05, 3.63) is 65.9 Å². The average molecular weight is 436 g/mol. The van der Waals surface area contributed by atoms with Crippen LogP contribution in [0.4, 0.5) is 0 Å². The summed E-state index contributed by atoms with van der Waals surface area (Å²) in [4.78, 5) is 24.9. The van der Waals surface area contributed by atoms with Crippen molar-refractivity contribution < 1.29 is 19.1 Å². The van der Waals surface area contributed by atoms with Gasteiger partial charge in [0, 0.05) is 41.2 Å². The Bertz CT molecular complexity index is 1020. The van der Waals surface area contributed by atoms with E-state index in [4.69, 9.17) is 9.47 Å². The smallest absolute Gasteiger partial charge is 0.305 e. The van der Waals surface area contributed by atoms with Crippen LogP contribution in [0.2, 0.25) is 0 Å². The summed E-state index contributed by atoms with van der Waals surface area (Å²) >= 11 is 0. The van der Waals surface area contributed by atoms with Gasteiger partial charge in [-0.1, -0.05) is 44.4 Å². The molecule has 0 unspecified atom stereocenters. The van der Waals surface area contributed by atoms with E-state index in [0.717, 1.165) is 23.1 Å². The molecule has 0 saturated carbocycles. The molecule has 0 spiro atoms. The summed E-state index contributed by atoms with van der Waals surface area (Å²) in [5.74, 6) is 0.590. The lowest BCUT2D eigenvalue weighted by Gasteiger charge is -2.07. The molecule has 32 heavy (non-hydrogen) atoms. The Morgan fingerprint density at radius 1 is 0.906 bits per heavy atom. The Kier molecular flexibility index (Phi) is 8.90. The molecular weight excluding hydrogens is 402 g/mol. The van der Waals surface area contributed by atoms with Gasteiger partial charge in [-0.25, -0.2) is 0 Å². The highest BCUT2D eigenvalue weighted by Gasteiger charge is 2.17. The highest BCUT2D eigenvalue weighted by molar-refractivity contribution is 6.16. The molecule has 0 saturated heterocycles. The second-order valence-corrected chi connectivity index (χ2v) is 7.92. The third-order valence-corrected chi connectivity index (χ3v) is 5.50. The number of aryl methyl sites for hydroxylation is 1. The normalized spacial score (nSPS) is 10.9. The Morgan fingerprint density at radius 2 is 1.69 bits per heavy atom. The van der Waals surface area contributed by atoms with Gasteiger partial charge in [0.05, 0.1) is 13.2 Å². The lowest BCUT2D eigenvalue weighted by molar-refractivity contribution is -0.143. The van der Waals surface area contributed by atoms with Gasteiger partial charge in [-0.3, -0.25) is 9.59 Å². The van der Waals surface area contributed by atoms with Crippen LogP contribution in [0.3, 0.4) is 0 Å². The number of unbranched alkanes of at least 4 members (excludes halogenated alkanes) is 3. The molecule has 0 amide bonds. The first-order valence-electron chi connectivity index (χ1n) is 11.6. The Balaban J connectivity index is 1.69. The van der Waals surface area contributed by atoms with E-state index in [9.17, 15) is 9.59 Å². The van der Waals surface area contributed by atoms with Gasteiger partial charge in [0.25, 0.3) is 0 Å². The molecule has 0 aliphatic carbocycles. The molecule has 170 valence electrons. The number of ether oxygens (including phenoxy) is 2. The zero-order valence-corrected chi connectivity index (χ0v) is 19.1. The number of ketones is 1. The summed E-state index contributed by atoms with van der Waals surface area (Å²) in [6.07, 6.45) is 7.59. The van der Waals surface area contributed by atoms with Crippen molar-refractivity contribution in [1.29, 1.82) is 0 Å². The summed E-state index contributed by atoms with van der Waals surface area (Å²) < 4.78 is 12.9. The molecule has 5 nitrogen and oxygen atoms in total. The maximum absolute atomic E-state index is 13.3. The minimum atomic E-state index is -0.187. The van der Waals surface area contributed by atoms with Crippen molar-refractivity contribution >= 4 is 22.7 Å². The standard InChI is InChI=1S/C27H33NO4/c1-3-5-6-9-19-32-22-16-14-21(15-17-22)27(30)24-20-28(18-10-13-26(29)31-4-2)25-12-8-7-11-23(24)25/h7-8,11-12,14-17,20H,3-6,9-10,13,18-19H2,1-2H3. The predicted molar refractivity (Wildman–Crippen MR) is 127 cm³/mol. The molecule has 0 atom stereocenters. The fourth-order valence-electron chi connectivity index (χ4n) is 3.82. The van der Waals surface area contributed by atoms with E-state index >= 15 is 0 Å². The van der Waals surface area contributed by atoms with Gasteiger partial charge >= 0.3 is 5.97 Å². The van der Waals surface area contributed by atoms with E-state index in [0.29, 0.717) is 43.7 Å². The minimum absolute atomic E-state index is 0.0140. The summed E-state index contributed by atoms with van der Waals surface area (Å²) in [6.45, 7) is 5.75. The van der Waals surface area contributed by atoms with Gasteiger partial charge < -0.3 is 14.0 Å². The van der Waals surface area contributed by atoms with Crippen LogP contribution in [0, 0.1) is 0 Å². The molecular formula is C27H33NO4. The van der Waals surface area contributed by atoms with Crippen LogP contribution in [-0.2, 0) is 16.1 Å². The summed E-state index contributed by atoms with van der Waals surface area (Å²) in [7, 11) is 0. The molecule has 0 fully saturated rings. The average Bonchev–Trinajstić information content (AvgIpc) is 3.18. The molecule has 0 aliphatic rings. The van der Waals surface area contributed by atoms with Gasteiger partial charge in [0.1, 0.15) is 5.75 Å². The molecule has 2 aromatic carbocycles. The Hall–Kier alpha value is -3.08. The number of hydrogen-bond donors (Lipinski definition) is 0.